The summed E-state index contributed by atoms with van der Waals surface area (Å²) in [6, 6.07) is 0. The number of carbonyl (C=O) groups excluding carboxylic acids is 2. The molecule has 0 atom stereocenters. The molecule has 0 saturated carbocycles. The van der Waals surface area contributed by atoms with Gasteiger partial charge in [-0.2, -0.15) is 0 Å². The number of carboxylic acid groups (broad SMARTS) is 1. The Morgan fingerprint density at radius 2 is 0.957 bits per heavy atom. The molecule has 2 N–H and O–H groups in total. The van der Waals surface area contributed by atoms with Gasteiger partial charge in [0.1, 0.15) is 16.5 Å². The molecule has 0 aromatic carbocycles. The Labute approximate surface area is 300 Å². The second-order valence-electron chi connectivity index (χ2n) is 12.5. The van der Waals surface area contributed by atoms with Crippen LogP contribution in [0.4, 0.5) is 0 Å². The monoisotopic (exact) mass is 843 g/mol. The number of nitrogens with one attached hydrogen (secondary N) is 1. The van der Waals surface area contributed by atoms with Crippen molar-refractivity contribution in [1.29, 1.82) is 0 Å². The van der Waals surface area contributed by atoms with Gasteiger partial charge < -0.3 is 19.9 Å². The normalized spacial score (nSPS) is 20.2. The predicted molar refractivity (Wildman–Crippen MR) is 189 cm³/mol. The van der Waals surface area contributed by atoms with Crippen LogP contribution in [0, 0.1) is 0 Å². The molecule has 0 amide bonds. The number of alkyl halides is 1. The molecule has 0 bridgehead atoms. The fraction of sp³-hybridized carbons (Fsp3) is 0.885. The van der Waals surface area contributed by atoms with E-state index in [-0.39, 0.29) is 83.8 Å². The molecule has 0 aliphatic carbocycles. The number of sulfone groups is 3. The highest BCUT2D eigenvalue weighted by Crippen LogP contribution is 2.09. The van der Waals surface area contributed by atoms with Crippen LogP contribution in [0.5, 0.6) is 0 Å². The topological polar surface area (TPSA) is 211 Å². The van der Waals surface area contributed by atoms with Crippen molar-refractivity contribution in [2.24, 2.45) is 0 Å². The van der Waals surface area contributed by atoms with Gasteiger partial charge in [0.2, 0.25) is 0 Å². The fourth-order valence-corrected chi connectivity index (χ4v) is 7.40. The van der Waals surface area contributed by atoms with Crippen molar-refractivity contribution in [2.75, 3.05) is 92.2 Å². The third-order valence-corrected chi connectivity index (χ3v) is 11.0. The van der Waals surface area contributed by atoms with Crippen molar-refractivity contribution in [2.45, 2.75) is 52.7 Å². The van der Waals surface area contributed by atoms with E-state index in [1.807, 2.05) is 46.4 Å². The van der Waals surface area contributed by atoms with E-state index in [2.05, 4.69) is 21.2 Å². The highest BCUT2D eigenvalue weighted by molar-refractivity contribution is 9.09. The molecule has 3 heterocycles. The number of halogens is 3. The Morgan fingerprint density at radius 1 is 0.638 bits per heavy atom. The number of rotatable bonds is 5. The van der Waals surface area contributed by atoms with E-state index in [9.17, 15) is 39.6 Å². The van der Waals surface area contributed by atoms with Crippen molar-refractivity contribution < 1.29 is 54.2 Å². The quantitative estimate of drug-likeness (QED) is 0.284. The Hall–Kier alpha value is -0.800. The van der Waals surface area contributed by atoms with Crippen LogP contribution in [0.15, 0.2) is 0 Å². The zero-order valence-electron chi connectivity index (χ0n) is 27.9. The summed E-state index contributed by atoms with van der Waals surface area (Å²) < 4.78 is 75.4. The predicted octanol–water partition coefficient (Wildman–Crippen LogP) is 0.431. The van der Waals surface area contributed by atoms with Crippen molar-refractivity contribution in [3.05, 3.63) is 0 Å². The lowest BCUT2D eigenvalue weighted by Gasteiger charge is -2.27. The number of hydrogen-bond acceptors (Lipinski definition) is 14. The minimum absolute atomic E-state index is 0. The van der Waals surface area contributed by atoms with E-state index >= 15 is 0 Å². The van der Waals surface area contributed by atoms with Gasteiger partial charge in [-0.1, -0.05) is 15.9 Å². The minimum Gasteiger partial charge on any atom is -0.480 e. The summed E-state index contributed by atoms with van der Waals surface area (Å²) in [5.74, 6) is -0.366. The molecule has 0 unspecified atom stereocenters. The molecule has 3 aliphatic heterocycles. The first-order valence-corrected chi connectivity index (χ1v) is 20.9. The molecular weight excluding hydrogens is 793 g/mol. The van der Waals surface area contributed by atoms with Crippen LogP contribution < -0.4 is 5.32 Å². The molecule has 0 aromatic heterocycles. The maximum Gasteiger partial charge on any atom is 0.320 e. The minimum atomic E-state index is -2.89. The van der Waals surface area contributed by atoms with Crippen molar-refractivity contribution in [3.8, 4) is 0 Å². The van der Waals surface area contributed by atoms with Crippen LogP contribution >= 0.6 is 40.7 Å². The Kier molecular flexibility index (Phi) is 24.6. The van der Waals surface area contributed by atoms with E-state index in [0.29, 0.717) is 50.8 Å². The lowest BCUT2D eigenvalue weighted by Crippen LogP contribution is -2.44. The van der Waals surface area contributed by atoms with E-state index in [4.69, 9.17) is 14.6 Å². The first-order valence-electron chi connectivity index (χ1n) is 14.3. The molecule has 15 nitrogen and oxygen atoms in total. The summed E-state index contributed by atoms with van der Waals surface area (Å²) in [5, 5.41) is 11.6. The molecule has 3 saturated heterocycles. The summed E-state index contributed by atoms with van der Waals surface area (Å²) in [6.45, 7) is 13.8. The van der Waals surface area contributed by atoms with Gasteiger partial charge in [0.05, 0.1) is 47.6 Å². The zero-order valence-corrected chi connectivity index (χ0v) is 33.5. The molecule has 282 valence electrons. The summed E-state index contributed by atoms with van der Waals surface area (Å²) in [7, 11) is -8.41. The molecule has 47 heavy (non-hydrogen) atoms. The average molecular weight is 846 g/mol. The summed E-state index contributed by atoms with van der Waals surface area (Å²) in [6.07, 6.45) is 0. The molecule has 0 radical (unpaired) electrons. The van der Waals surface area contributed by atoms with Crippen molar-refractivity contribution in [1.82, 2.24) is 15.1 Å². The van der Waals surface area contributed by atoms with Gasteiger partial charge in [-0.25, -0.2) is 25.3 Å². The molecule has 21 heteroatoms. The molecule has 0 spiro atoms. The number of nitrogens with zero attached hydrogens (tertiary/aromatic N) is 2. The third kappa shape index (κ3) is 29.8. The molecule has 0 aromatic rings. The second kappa shape index (κ2) is 22.8. The van der Waals surface area contributed by atoms with Gasteiger partial charge >= 0.3 is 17.9 Å². The smallest absolute Gasteiger partial charge is 0.320 e. The van der Waals surface area contributed by atoms with E-state index in [0.717, 1.165) is 0 Å². The first-order chi connectivity index (χ1) is 20.3. The SMILES string of the molecule is CC(C)(C)OC(=O)CBr.CC(C)(C)OC(=O)CN1CCS(=O)(=O)CC1.Cl.Cl.O=C(O)CN1CCS(=O)(=O)CC1.O=S1(=O)CCNCC1. The number of carboxylic acids is 1. The van der Waals surface area contributed by atoms with E-state index in [1.165, 1.54) is 0 Å². The van der Waals surface area contributed by atoms with Crippen LogP contribution in [0.1, 0.15) is 41.5 Å². The maximum absolute atomic E-state index is 11.5. The Bertz CT molecular complexity index is 1250. The molecule has 3 aliphatic rings. The van der Waals surface area contributed by atoms with E-state index in [1.54, 1.807) is 4.90 Å². The molecular formula is C26H52BrCl2N3O12S3. The van der Waals surface area contributed by atoms with Gasteiger partial charge in [0.25, 0.3) is 0 Å². The summed E-state index contributed by atoms with van der Waals surface area (Å²) >= 11 is 2.99. The van der Waals surface area contributed by atoms with Gasteiger partial charge in [-0.05, 0) is 41.5 Å². The first kappa shape index (κ1) is 50.6. The van der Waals surface area contributed by atoms with Crippen LogP contribution in [-0.4, -0.2) is 161 Å². The average Bonchev–Trinajstić information content (AvgIpc) is 2.85. The number of ether oxygens (including phenoxy) is 2. The van der Waals surface area contributed by atoms with Crippen LogP contribution in [0.2, 0.25) is 0 Å². The second-order valence-corrected chi connectivity index (χ2v) is 19.9. The molecule has 3 rings (SSSR count). The number of carbonyl (C=O) groups is 3. The van der Waals surface area contributed by atoms with Crippen LogP contribution in [0.25, 0.3) is 0 Å². The van der Waals surface area contributed by atoms with Gasteiger partial charge in [0.15, 0.2) is 29.5 Å². The van der Waals surface area contributed by atoms with Crippen molar-refractivity contribution in [3.63, 3.8) is 0 Å². The third-order valence-electron chi connectivity index (χ3n) is 5.71. The number of aliphatic carboxylic acids is 1. The lowest BCUT2D eigenvalue weighted by molar-refractivity contribution is -0.156. The largest absolute Gasteiger partial charge is 0.480 e. The van der Waals surface area contributed by atoms with Gasteiger partial charge in [-0.3, -0.25) is 24.2 Å². The Morgan fingerprint density at radius 3 is 1.21 bits per heavy atom. The standard InChI is InChI=1S/C10H19NO4S.C6H11BrO2.C6H11NO4S.C4H9NO2S.2ClH/c1-10(2,3)15-9(12)8-11-4-6-16(13,14)7-5-11;1-6(2,3)9-5(8)4-7;8-6(9)5-7-1-3-12(10,11)4-2-7;6-8(7)3-1-5-2-4-8;;/h4-8H2,1-3H3;4H2,1-3H3;1-5H2,(H,8,9);5H,1-4H2;2*1H. The molecule has 3 fully saturated rings. The number of esters is 2. The highest BCUT2D eigenvalue weighted by atomic mass is 79.9. The fourth-order valence-electron chi connectivity index (χ4n) is 3.62. The van der Waals surface area contributed by atoms with Crippen LogP contribution in [-0.2, 0) is 53.4 Å². The van der Waals surface area contributed by atoms with Gasteiger partial charge in [-0.15, -0.1) is 24.8 Å². The number of hydrogen-bond donors (Lipinski definition) is 2. The zero-order chi connectivity index (χ0) is 35.1. The van der Waals surface area contributed by atoms with E-state index < -0.39 is 41.1 Å². The van der Waals surface area contributed by atoms with Crippen molar-refractivity contribution >= 4 is 88.2 Å². The Balaban J connectivity index is -0.000000561. The lowest BCUT2D eigenvalue weighted by atomic mass is 10.2. The van der Waals surface area contributed by atoms with Crippen LogP contribution in [0.3, 0.4) is 0 Å². The summed E-state index contributed by atoms with van der Waals surface area (Å²) in [4.78, 5) is 35.7. The summed E-state index contributed by atoms with van der Waals surface area (Å²) in [5.41, 5.74) is -0.843. The maximum atomic E-state index is 11.5. The highest BCUT2D eigenvalue weighted by Gasteiger charge is 2.25. The van der Waals surface area contributed by atoms with Gasteiger partial charge in [0, 0.05) is 39.3 Å².